The highest BCUT2D eigenvalue weighted by Gasteiger charge is 2.37. The van der Waals surface area contributed by atoms with Crippen molar-refractivity contribution in [3.63, 3.8) is 0 Å². The Bertz CT molecular complexity index is 1160. The number of para-hydroxylation sites is 2. The Balaban J connectivity index is 1.69. The van der Waals surface area contributed by atoms with E-state index in [1.165, 1.54) is 5.56 Å². The van der Waals surface area contributed by atoms with Crippen LogP contribution in [0.4, 0.5) is 5.69 Å². The van der Waals surface area contributed by atoms with E-state index in [0.717, 1.165) is 48.3 Å². The number of unbranched alkanes of at least 4 members (excludes halogenated alkanes) is 3. The molecule has 5 nitrogen and oxygen atoms in total. The van der Waals surface area contributed by atoms with Crippen molar-refractivity contribution in [2.45, 2.75) is 71.9 Å². The first kappa shape index (κ1) is 24.8. The number of carbonyl (C=O) groups excluding carboxylic acids is 2. The van der Waals surface area contributed by atoms with E-state index in [2.05, 4.69) is 54.9 Å². The van der Waals surface area contributed by atoms with E-state index in [0.29, 0.717) is 6.42 Å². The zero-order chi connectivity index (χ0) is 24.9. The Morgan fingerprint density at radius 1 is 0.914 bits per heavy atom. The molecule has 0 bridgehead atoms. The van der Waals surface area contributed by atoms with E-state index < -0.39 is 0 Å². The minimum absolute atomic E-state index is 0.0423. The maximum atomic E-state index is 14.1. The van der Waals surface area contributed by atoms with Crippen LogP contribution in [0.3, 0.4) is 0 Å². The van der Waals surface area contributed by atoms with Crippen LogP contribution in [0.15, 0.2) is 66.9 Å². The summed E-state index contributed by atoms with van der Waals surface area (Å²) in [6.07, 6.45) is 6.74. The van der Waals surface area contributed by atoms with Gasteiger partial charge in [-0.15, -0.1) is 0 Å². The first-order chi connectivity index (χ1) is 16.9. The summed E-state index contributed by atoms with van der Waals surface area (Å²) in [5.74, 6) is -0.00362. The highest BCUT2D eigenvalue weighted by atomic mass is 16.2. The van der Waals surface area contributed by atoms with Crippen LogP contribution >= 0.6 is 0 Å². The zero-order valence-electron chi connectivity index (χ0n) is 21.4. The van der Waals surface area contributed by atoms with Crippen LogP contribution in [0, 0.1) is 6.92 Å². The number of aromatic nitrogens is 1. The van der Waals surface area contributed by atoms with Gasteiger partial charge in [0.2, 0.25) is 11.8 Å². The lowest BCUT2D eigenvalue weighted by Crippen LogP contribution is -2.48. The molecule has 1 aromatic heterocycles. The number of carbonyl (C=O) groups is 2. The molecule has 1 atom stereocenters. The highest BCUT2D eigenvalue weighted by molar-refractivity contribution is 6.00. The maximum absolute atomic E-state index is 14.1. The van der Waals surface area contributed by atoms with Gasteiger partial charge in [0.25, 0.3) is 0 Å². The molecule has 4 rings (SSSR count). The van der Waals surface area contributed by atoms with Gasteiger partial charge in [-0.1, -0.05) is 68.1 Å². The van der Waals surface area contributed by atoms with Crippen molar-refractivity contribution < 1.29 is 9.59 Å². The smallest absolute Gasteiger partial charge is 0.247 e. The second kappa shape index (κ2) is 10.9. The van der Waals surface area contributed by atoms with Gasteiger partial charge in [-0.3, -0.25) is 14.5 Å². The Kier molecular flexibility index (Phi) is 7.74. The molecular formula is C30H37N3O2. The third-order valence-corrected chi connectivity index (χ3v) is 6.87. The molecule has 0 aliphatic carbocycles. The van der Waals surface area contributed by atoms with Crippen molar-refractivity contribution in [2.75, 3.05) is 11.4 Å². The molecule has 0 saturated carbocycles. The zero-order valence-corrected chi connectivity index (χ0v) is 21.4. The lowest BCUT2D eigenvalue weighted by molar-refractivity contribution is -0.137. The minimum atomic E-state index is -0.262. The van der Waals surface area contributed by atoms with Gasteiger partial charge in [-0.2, -0.15) is 0 Å². The standard InChI is InChI=1S/C30H37N3O2/c1-5-6-7-8-15-28(34)32(22(2)3)21-29(35)33-26-13-10-9-12-25(26)31-20-11-14-27(31)30(33)24-18-16-23(4)17-19-24/h9-14,16-20,22,30H,5-8,15,21H2,1-4H3. The third kappa shape index (κ3) is 5.19. The minimum Gasteiger partial charge on any atom is -0.331 e. The van der Waals surface area contributed by atoms with E-state index in [1.807, 2.05) is 49.1 Å². The summed E-state index contributed by atoms with van der Waals surface area (Å²) in [7, 11) is 0. The van der Waals surface area contributed by atoms with E-state index in [4.69, 9.17) is 0 Å². The molecule has 2 heterocycles. The molecule has 0 fully saturated rings. The molecule has 0 N–H and O–H groups in total. The average molecular weight is 472 g/mol. The SMILES string of the molecule is CCCCCCC(=O)N(CC(=O)N1c2ccccc2-n2cccc2C1c1ccc(C)cc1)C(C)C. The van der Waals surface area contributed by atoms with Gasteiger partial charge in [0.05, 0.1) is 17.1 Å². The van der Waals surface area contributed by atoms with Crippen molar-refractivity contribution in [2.24, 2.45) is 0 Å². The number of amides is 2. The fourth-order valence-corrected chi connectivity index (χ4v) is 4.95. The Morgan fingerprint density at radius 2 is 1.63 bits per heavy atom. The maximum Gasteiger partial charge on any atom is 0.247 e. The first-order valence-corrected chi connectivity index (χ1v) is 12.9. The van der Waals surface area contributed by atoms with E-state index in [9.17, 15) is 9.59 Å². The molecule has 0 spiro atoms. The number of aryl methyl sites for hydroxylation is 1. The first-order valence-electron chi connectivity index (χ1n) is 12.9. The van der Waals surface area contributed by atoms with Crippen LogP contribution in [0.1, 0.15) is 75.7 Å². The quantitative estimate of drug-likeness (QED) is 0.338. The summed E-state index contributed by atoms with van der Waals surface area (Å²) in [6, 6.07) is 20.2. The van der Waals surface area contributed by atoms with Crippen molar-refractivity contribution in [1.82, 2.24) is 9.47 Å². The van der Waals surface area contributed by atoms with Gasteiger partial charge in [-0.05, 0) is 57.0 Å². The van der Waals surface area contributed by atoms with Crippen LogP contribution in [0.25, 0.3) is 5.69 Å². The summed E-state index contributed by atoms with van der Waals surface area (Å²) in [4.78, 5) is 30.8. The number of hydrogen-bond acceptors (Lipinski definition) is 2. The summed E-state index contributed by atoms with van der Waals surface area (Å²) < 4.78 is 2.17. The monoisotopic (exact) mass is 471 g/mol. The van der Waals surface area contributed by atoms with Crippen LogP contribution in [0.5, 0.6) is 0 Å². The number of hydrogen-bond donors (Lipinski definition) is 0. The van der Waals surface area contributed by atoms with Crippen molar-refractivity contribution in [3.05, 3.63) is 83.7 Å². The largest absolute Gasteiger partial charge is 0.331 e. The van der Waals surface area contributed by atoms with Crippen molar-refractivity contribution in [1.29, 1.82) is 0 Å². The van der Waals surface area contributed by atoms with Crippen LogP contribution in [0.2, 0.25) is 0 Å². The number of nitrogens with zero attached hydrogens (tertiary/aromatic N) is 3. The lowest BCUT2D eigenvalue weighted by Gasteiger charge is -2.40. The summed E-state index contributed by atoms with van der Waals surface area (Å²) in [5.41, 5.74) is 5.12. The van der Waals surface area contributed by atoms with Crippen molar-refractivity contribution >= 4 is 17.5 Å². The molecule has 2 aromatic carbocycles. The Labute approximate surface area is 209 Å². The van der Waals surface area contributed by atoms with Crippen LogP contribution < -0.4 is 4.90 Å². The predicted molar refractivity (Wildman–Crippen MR) is 142 cm³/mol. The van der Waals surface area contributed by atoms with Gasteiger partial charge in [-0.25, -0.2) is 0 Å². The molecule has 184 valence electrons. The second-order valence-corrected chi connectivity index (χ2v) is 9.79. The highest BCUT2D eigenvalue weighted by Crippen LogP contribution is 2.42. The van der Waals surface area contributed by atoms with E-state index >= 15 is 0 Å². The molecule has 0 radical (unpaired) electrons. The van der Waals surface area contributed by atoms with Gasteiger partial charge in [0.15, 0.2) is 0 Å². The summed E-state index contributed by atoms with van der Waals surface area (Å²) >= 11 is 0. The van der Waals surface area contributed by atoms with Gasteiger partial charge in [0, 0.05) is 18.7 Å². The number of rotatable bonds is 9. The lowest BCUT2D eigenvalue weighted by atomic mass is 9.97. The topological polar surface area (TPSA) is 45.6 Å². The number of benzene rings is 2. The second-order valence-electron chi connectivity index (χ2n) is 9.79. The van der Waals surface area contributed by atoms with Gasteiger partial charge < -0.3 is 9.47 Å². The fourth-order valence-electron chi connectivity index (χ4n) is 4.95. The molecule has 1 aliphatic rings. The van der Waals surface area contributed by atoms with Gasteiger partial charge >= 0.3 is 0 Å². The number of fused-ring (bicyclic) bond motifs is 3. The Hall–Kier alpha value is -3.34. The molecular weight excluding hydrogens is 434 g/mol. The average Bonchev–Trinajstić information content (AvgIpc) is 3.34. The van der Waals surface area contributed by atoms with Crippen molar-refractivity contribution in [3.8, 4) is 5.69 Å². The van der Waals surface area contributed by atoms with Crippen LogP contribution in [-0.2, 0) is 9.59 Å². The predicted octanol–water partition coefficient (Wildman–Crippen LogP) is 6.43. The molecule has 1 unspecified atom stereocenters. The molecule has 2 amide bonds. The molecule has 35 heavy (non-hydrogen) atoms. The van der Waals surface area contributed by atoms with E-state index in [1.54, 1.807) is 4.90 Å². The molecule has 0 saturated heterocycles. The normalized spacial score (nSPS) is 14.5. The Morgan fingerprint density at radius 3 is 2.31 bits per heavy atom. The third-order valence-electron chi connectivity index (χ3n) is 6.87. The van der Waals surface area contributed by atoms with Gasteiger partial charge in [0.1, 0.15) is 12.6 Å². The van der Waals surface area contributed by atoms with E-state index in [-0.39, 0.29) is 30.4 Å². The molecule has 5 heteroatoms. The molecule has 1 aliphatic heterocycles. The number of anilines is 1. The summed E-state index contributed by atoms with van der Waals surface area (Å²) in [6.45, 7) is 8.28. The molecule has 3 aromatic rings. The summed E-state index contributed by atoms with van der Waals surface area (Å²) in [5, 5.41) is 0. The van der Waals surface area contributed by atoms with Crippen LogP contribution in [-0.4, -0.2) is 33.9 Å². The fraction of sp³-hybridized carbons (Fsp3) is 0.400.